The van der Waals surface area contributed by atoms with E-state index < -0.39 is 16.7 Å². The lowest BCUT2D eigenvalue weighted by Crippen LogP contribution is -2.05. The highest BCUT2D eigenvalue weighted by Gasteiger charge is 2.17. The van der Waals surface area contributed by atoms with E-state index in [-0.39, 0.29) is 22.6 Å². The van der Waals surface area contributed by atoms with E-state index in [0.717, 1.165) is 18.2 Å². The van der Waals surface area contributed by atoms with Crippen molar-refractivity contribution in [3.63, 3.8) is 0 Å². The molecule has 2 aromatic rings. The van der Waals surface area contributed by atoms with Gasteiger partial charge in [-0.05, 0) is 24.6 Å². The van der Waals surface area contributed by atoms with Crippen molar-refractivity contribution in [1.29, 1.82) is 0 Å². The van der Waals surface area contributed by atoms with Crippen LogP contribution in [0.3, 0.4) is 0 Å². The van der Waals surface area contributed by atoms with Crippen LogP contribution < -0.4 is 5.32 Å². The number of nitrogens with one attached hydrogen (secondary N) is 1. The van der Waals surface area contributed by atoms with Gasteiger partial charge in [0.2, 0.25) is 0 Å². The number of nitro benzene ring substituents is 1. The molecule has 0 aliphatic heterocycles. The van der Waals surface area contributed by atoms with E-state index in [2.05, 4.69) is 5.32 Å². The Morgan fingerprint density at radius 1 is 1.33 bits per heavy atom. The van der Waals surface area contributed by atoms with Crippen LogP contribution in [0.25, 0.3) is 0 Å². The second kappa shape index (κ2) is 5.58. The van der Waals surface area contributed by atoms with Crippen LogP contribution in [0.15, 0.2) is 36.4 Å². The van der Waals surface area contributed by atoms with E-state index in [4.69, 9.17) is 5.11 Å². The molecular formula is C14H11FN2O4. The van der Waals surface area contributed by atoms with Crippen molar-refractivity contribution in [2.45, 2.75) is 6.92 Å². The number of carbonyl (C=O) groups is 1. The summed E-state index contributed by atoms with van der Waals surface area (Å²) in [6, 6.07) is 7.63. The maximum atomic E-state index is 13.8. The fraction of sp³-hybridized carbons (Fsp3) is 0.0714. The summed E-state index contributed by atoms with van der Waals surface area (Å²) in [5.74, 6) is -1.83. The summed E-state index contributed by atoms with van der Waals surface area (Å²) in [6.07, 6.45) is 0. The highest BCUT2D eigenvalue weighted by molar-refractivity contribution is 5.96. The lowest BCUT2D eigenvalue weighted by molar-refractivity contribution is -0.384. The molecule has 0 bridgehead atoms. The van der Waals surface area contributed by atoms with Crippen LogP contribution >= 0.6 is 0 Å². The molecular weight excluding hydrogens is 279 g/mol. The number of non-ortho nitro benzene ring substituents is 1. The Morgan fingerprint density at radius 2 is 2.05 bits per heavy atom. The molecule has 0 fully saturated rings. The van der Waals surface area contributed by atoms with Crippen molar-refractivity contribution in [2.75, 3.05) is 5.32 Å². The summed E-state index contributed by atoms with van der Waals surface area (Å²) in [5.41, 5.74) is 0.142. The molecule has 0 heterocycles. The van der Waals surface area contributed by atoms with Crippen molar-refractivity contribution < 1.29 is 19.2 Å². The van der Waals surface area contributed by atoms with Gasteiger partial charge in [-0.15, -0.1) is 0 Å². The molecule has 0 amide bonds. The number of rotatable bonds is 4. The molecule has 2 N–H and O–H groups in total. The number of anilines is 2. The van der Waals surface area contributed by atoms with Crippen molar-refractivity contribution in [3.05, 3.63) is 63.5 Å². The van der Waals surface area contributed by atoms with Crippen LogP contribution in [0.2, 0.25) is 0 Å². The Labute approximate surface area is 119 Å². The first-order valence-electron chi connectivity index (χ1n) is 5.94. The number of nitrogens with zero attached hydrogens (tertiary/aromatic N) is 1. The van der Waals surface area contributed by atoms with E-state index in [1.165, 1.54) is 12.1 Å². The minimum Gasteiger partial charge on any atom is -0.478 e. The van der Waals surface area contributed by atoms with Gasteiger partial charge in [-0.2, -0.15) is 0 Å². The zero-order valence-electron chi connectivity index (χ0n) is 11.0. The fourth-order valence-electron chi connectivity index (χ4n) is 1.86. The normalized spacial score (nSPS) is 10.2. The molecule has 0 radical (unpaired) electrons. The van der Waals surface area contributed by atoms with E-state index in [9.17, 15) is 19.3 Å². The third kappa shape index (κ3) is 2.97. The molecule has 0 aliphatic carbocycles. The molecule has 0 aromatic heterocycles. The first-order valence-corrected chi connectivity index (χ1v) is 5.94. The topological polar surface area (TPSA) is 92.5 Å². The zero-order chi connectivity index (χ0) is 15.6. The van der Waals surface area contributed by atoms with Crippen LogP contribution in [-0.2, 0) is 0 Å². The Hall–Kier alpha value is -2.96. The molecule has 108 valence electrons. The minimum atomic E-state index is -1.26. The van der Waals surface area contributed by atoms with Gasteiger partial charge in [0, 0.05) is 12.1 Å². The molecule has 0 spiro atoms. The lowest BCUT2D eigenvalue weighted by atomic mass is 10.1. The minimum absolute atomic E-state index is 0.0371. The van der Waals surface area contributed by atoms with Gasteiger partial charge in [-0.1, -0.05) is 12.1 Å². The van der Waals surface area contributed by atoms with Gasteiger partial charge >= 0.3 is 5.97 Å². The van der Waals surface area contributed by atoms with Crippen LogP contribution in [0.5, 0.6) is 0 Å². The van der Waals surface area contributed by atoms with Gasteiger partial charge in [0.05, 0.1) is 21.9 Å². The number of nitro groups is 1. The predicted octanol–water partition coefficient (Wildman–Crippen LogP) is 3.48. The Balaban J connectivity index is 2.53. The van der Waals surface area contributed by atoms with Crippen LogP contribution in [0.1, 0.15) is 15.9 Å². The molecule has 2 rings (SSSR count). The van der Waals surface area contributed by atoms with Crippen molar-refractivity contribution in [2.24, 2.45) is 0 Å². The van der Waals surface area contributed by atoms with Gasteiger partial charge < -0.3 is 10.4 Å². The number of halogens is 1. The summed E-state index contributed by atoms with van der Waals surface area (Å²) < 4.78 is 13.8. The summed E-state index contributed by atoms with van der Waals surface area (Å²) >= 11 is 0. The molecule has 0 saturated carbocycles. The number of hydrogen-bond acceptors (Lipinski definition) is 4. The number of para-hydroxylation sites is 1. The van der Waals surface area contributed by atoms with Gasteiger partial charge in [-0.25, -0.2) is 9.18 Å². The summed E-state index contributed by atoms with van der Waals surface area (Å²) in [5, 5.41) is 22.5. The Bertz CT molecular complexity index is 711. The van der Waals surface area contributed by atoms with Crippen LogP contribution in [0.4, 0.5) is 21.5 Å². The van der Waals surface area contributed by atoms with E-state index >= 15 is 0 Å². The Kier molecular flexibility index (Phi) is 3.84. The third-order valence-corrected chi connectivity index (χ3v) is 2.93. The molecule has 0 saturated heterocycles. The average Bonchev–Trinajstić information content (AvgIpc) is 2.42. The smallest absolute Gasteiger partial charge is 0.337 e. The largest absolute Gasteiger partial charge is 0.478 e. The van der Waals surface area contributed by atoms with Gasteiger partial charge in [0.15, 0.2) is 0 Å². The van der Waals surface area contributed by atoms with Crippen molar-refractivity contribution >= 4 is 23.0 Å². The monoisotopic (exact) mass is 290 g/mol. The van der Waals surface area contributed by atoms with Gasteiger partial charge in [-0.3, -0.25) is 10.1 Å². The third-order valence-electron chi connectivity index (χ3n) is 2.93. The molecule has 21 heavy (non-hydrogen) atoms. The van der Waals surface area contributed by atoms with Gasteiger partial charge in [0.25, 0.3) is 5.69 Å². The predicted molar refractivity (Wildman–Crippen MR) is 74.5 cm³/mol. The standard InChI is InChI=1S/C14H11FN2O4/c1-8-3-2-4-11(15)13(8)16-12-7-9(17(20)21)5-6-10(12)14(18)19/h2-7,16H,1H3,(H,18,19). The average molecular weight is 290 g/mol. The number of benzene rings is 2. The number of aryl methyl sites for hydroxylation is 1. The van der Waals surface area contributed by atoms with E-state index in [0.29, 0.717) is 5.56 Å². The number of hydrogen-bond donors (Lipinski definition) is 2. The van der Waals surface area contributed by atoms with E-state index in [1.807, 2.05) is 0 Å². The van der Waals surface area contributed by atoms with Crippen LogP contribution in [0, 0.1) is 22.9 Å². The zero-order valence-corrected chi connectivity index (χ0v) is 11.0. The highest BCUT2D eigenvalue weighted by atomic mass is 19.1. The van der Waals surface area contributed by atoms with Gasteiger partial charge in [0.1, 0.15) is 5.82 Å². The molecule has 0 aliphatic rings. The molecule has 7 heteroatoms. The number of carboxylic acid groups (broad SMARTS) is 1. The van der Waals surface area contributed by atoms with E-state index in [1.54, 1.807) is 13.0 Å². The van der Waals surface area contributed by atoms with Crippen molar-refractivity contribution in [3.8, 4) is 0 Å². The quantitative estimate of drug-likeness (QED) is 0.664. The summed E-state index contributed by atoms with van der Waals surface area (Å²) in [4.78, 5) is 21.3. The molecule has 0 unspecified atom stereocenters. The fourth-order valence-corrected chi connectivity index (χ4v) is 1.86. The SMILES string of the molecule is Cc1cccc(F)c1Nc1cc([N+](=O)[O-])ccc1C(=O)O. The second-order valence-corrected chi connectivity index (χ2v) is 4.35. The number of carboxylic acids is 1. The summed E-state index contributed by atoms with van der Waals surface area (Å²) in [6.45, 7) is 1.64. The number of aromatic carboxylic acids is 1. The highest BCUT2D eigenvalue weighted by Crippen LogP contribution is 2.29. The molecule has 6 nitrogen and oxygen atoms in total. The maximum Gasteiger partial charge on any atom is 0.337 e. The van der Waals surface area contributed by atoms with Crippen LogP contribution in [-0.4, -0.2) is 16.0 Å². The molecule has 0 atom stereocenters. The first-order chi connectivity index (χ1) is 9.90. The van der Waals surface area contributed by atoms with Crippen molar-refractivity contribution in [1.82, 2.24) is 0 Å². The Morgan fingerprint density at radius 3 is 2.62 bits per heavy atom. The maximum absolute atomic E-state index is 13.8. The summed E-state index contributed by atoms with van der Waals surface area (Å²) in [7, 11) is 0. The lowest BCUT2D eigenvalue weighted by Gasteiger charge is -2.12. The molecule has 2 aromatic carbocycles. The second-order valence-electron chi connectivity index (χ2n) is 4.35. The first kappa shape index (κ1) is 14.4.